The van der Waals surface area contributed by atoms with E-state index in [0.29, 0.717) is 30.1 Å². The first kappa shape index (κ1) is 27.3. The van der Waals surface area contributed by atoms with Crippen LogP contribution in [0.4, 0.5) is 20.4 Å². The molecule has 0 radical (unpaired) electrons. The van der Waals surface area contributed by atoms with E-state index in [0.717, 1.165) is 31.4 Å². The van der Waals surface area contributed by atoms with Gasteiger partial charge in [-0.3, -0.25) is 0 Å². The summed E-state index contributed by atoms with van der Waals surface area (Å²) in [6.45, 7) is 7.19. The number of hydrogen-bond acceptors (Lipinski definition) is 8. The van der Waals surface area contributed by atoms with Crippen molar-refractivity contribution in [3.05, 3.63) is 36.0 Å². The maximum absolute atomic E-state index is 15.1. The van der Waals surface area contributed by atoms with E-state index in [1.165, 1.54) is 20.3 Å². The van der Waals surface area contributed by atoms with Gasteiger partial charge in [0, 0.05) is 56.4 Å². The van der Waals surface area contributed by atoms with Gasteiger partial charge >= 0.3 is 0 Å². The van der Waals surface area contributed by atoms with Crippen molar-refractivity contribution in [1.82, 2.24) is 9.97 Å². The summed E-state index contributed by atoms with van der Waals surface area (Å²) >= 11 is 0. The highest BCUT2D eigenvalue weighted by molar-refractivity contribution is 5.96. The summed E-state index contributed by atoms with van der Waals surface area (Å²) in [5.74, 6) is -1.08. The molecule has 1 aromatic carbocycles. The molecule has 1 fully saturated rings. The number of methoxy groups -OCH3 is 3. The van der Waals surface area contributed by atoms with Crippen LogP contribution in [0, 0.1) is 11.6 Å². The van der Waals surface area contributed by atoms with E-state index in [4.69, 9.17) is 24.7 Å². The Hall–Kier alpha value is -3.24. The lowest BCUT2D eigenvalue weighted by atomic mass is 10.1. The Morgan fingerprint density at radius 2 is 1.75 bits per heavy atom. The van der Waals surface area contributed by atoms with Crippen LogP contribution in [0.5, 0.6) is 11.5 Å². The molecule has 36 heavy (non-hydrogen) atoms. The molecule has 0 aliphatic carbocycles. The lowest BCUT2D eigenvalue weighted by molar-refractivity contribution is 0.121. The Labute approximate surface area is 210 Å². The lowest BCUT2D eigenvalue weighted by Crippen LogP contribution is -2.23. The Morgan fingerprint density at radius 1 is 1.06 bits per heavy atom. The zero-order valence-corrected chi connectivity index (χ0v) is 21.4. The zero-order chi connectivity index (χ0) is 26.2. The molecule has 1 saturated heterocycles. The molecule has 3 aromatic rings. The smallest absolute Gasteiger partial charge is 0.177 e. The third-order valence-corrected chi connectivity index (χ3v) is 5.88. The number of benzene rings is 1. The second kappa shape index (κ2) is 12.6. The summed E-state index contributed by atoms with van der Waals surface area (Å²) < 4.78 is 50.7. The number of pyridine rings is 2. The number of anilines is 2. The predicted molar refractivity (Wildman–Crippen MR) is 137 cm³/mol. The van der Waals surface area contributed by atoms with E-state index in [9.17, 15) is 0 Å². The van der Waals surface area contributed by atoms with Crippen molar-refractivity contribution in [1.29, 1.82) is 0 Å². The largest absolute Gasteiger partial charge is 0.494 e. The Morgan fingerprint density at radius 3 is 2.28 bits per heavy atom. The summed E-state index contributed by atoms with van der Waals surface area (Å²) in [5.41, 5.74) is 5.67. The summed E-state index contributed by atoms with van der Waals surface area (Å²) in [6.07, 6.45) is 3.57. The normalized spacial score (nSPS) is 15.1. The average molecular weight is 505 g/mol. The quantitative estimate of drug-likeness (QED) is 0.436. The van der Waals surface area contributed by atoms with Crippen LogP contribution in [0.1, 0.15) is 26.7 Å². The minimum absolute atomic E-state index is 0.0510. The second-order valence-electron chi connectivity index (χ2n) is 8.23. The van der Waals surface area contributed by atoms with Crippen LogP contribution >= 0.6 is 0 Å². The van der Waals surface area contributed by atoms with Crippen LogP contribution in [0.15, 0.2) is 24.4 Å². The molecule has 0 amide bonds. The molecule has 1 unspecified atom stereocenters. The number of halogens is 2. The van der Waals surface area contributed by atoms with Gasteiger partial charge in [-0.25, -0.2) is 18.7 Å². The fourth-order valence-electron chi connectivity index (χ4n) is 4.03. The van der Waals surface area contributed by atoms with Crippen LogP contribution < -0.4 is 20.1 Å². The van der Waals surface area contributed by atoms with Crippen LogP contribution in [0.3, 0.4) is 0 Å². The summed E-state index contributed by atoms with van der Waals surface area (Å²) in [7, 11) is 4.27. The molecule has 3 heterocycles. The predicted octanol–water partition coefficient (Wildman–Crippen LogP) is 4.83. The fourth-order valence-corrected chi connectivity index (χ4v) is 4.03. The second-order valence-corrected chi connectivity index (χ2v) is 8.23. The molecule has 10 heteroatoms. The number of nitrogen functional groups attached to an aromatic ring is 1. The monoisotopic (exact) mass is 504 g/mol. The van der Waals surface area contributed by atoms with E-state index in [2.05, 4.69) is 16.9 Å². The maximum atomic E-state index is 15.1. The number of nitrogens with zero attached hydrogens (tertiary/aromatic N) is 3. The van der Waals surface area contributed by atoms with E-state index >= 15 is 8.78 Å². The highest BCUT2D eigenvalue weighted by Crippen LogP contribution is 2.39. The molecule has 1 aliphatic heterocycles. The van der Waals surface area contributed by atoms with Gasteiger partial charge in [0.2, 0.25) is 0 Å². The number of fused-ring (bicyclic) bond motifs is 1. The third-order valence-electron chi connectivity index (χ3n) is 5.88. The van der Waals surface area contributed by atoms with Crippen molar-refractivity contribution >= 4 is 22.4 Å². The maximum Gasteiger partial charge on any atom is 0.177 e. The van der Waals surface area contributed by atoms with Gasteiger partial charge in [0.15, 0.2) is 23.1 Å². The number of rotatable bonds is 8. The number of nitrogens with two attached hydrogens (primary N) is 1. The zero-order valence-electron chi connectivity index (χ0n) is 21.4. The van der Waals surface area contributed by atoms with Crippen molar-refractivity contribution in [3.8, 4) is 22.8 Å². The molecule has 1 aliphatic rings. The van der Waals surface area contributed by atoms with Crippen LogP contribution in [-0.2, 0) is 9.47 Å². The highest BCUT2D eigenvalue weighted by Gasteiger charge is 2.28. The topological polar surface area (TPSA) is 92.0 Å². The SMILES string of the molecule is CCCOCC.COc1cc(OC)c(F)c(-c2cc3cnc(N)cc3c(N3CCC(OC)C3)n2)c1F. The molecule has 196 valence electrons. The third kappa shape index (κ3) is 5.93. The molecule has 0 saturated carbocycles. The molecule has 4 rings (SSSR count). The molecule has 1 atom stereocenters. The van der Waals surface area contributed by atoms with Crippen molar-refractivity contribution in [2.45, 2.75) is 32.8 Å². The molecule has 0 bridgehead atoms. The van der Waals surface area contributed by atoms with Gasteiger partial charge < -0.3 is 29.6 Å². The van der Waals surface area contributed by atoms with Gasteiger partial charge in [0.1, 0.15) is 11.6 Å². The van der Waals surface area contributed by atoms with Crippen LogP contribution in [-0.4, -0.2) is 63.7 Å². The van der Waals surface area contributed by atoms with E-state index in [-0.39, 0.29) is 28.9 Å². The molecular formula is C26H34F2N4O4. The van der Waals surface area contributed by atoms with E-state index in [1.54, 1.807) is 25.4 Å². The Bertz CT molecular complexity index is 1150. The molecule has 2 aromatic heterocycles. The minimum atomic E-state index is -0.854. The summed E-state index contributed by atoms with van der Waals surface area (Å²) in [5, 5.41) is 1.41. The standard InChI is InChI=1S/C21H22F2N4O3.C5H12O/c1-28-12-4-5-27(10-12)21-13-7-17(24)25-9-11(13)6-14(26-21)18-19(22)15(29-2)8-16(30-3)20(18)23;1-3-5-6-4-2/h6-9,12H,4-5,10H2,1-3H3,(H2,24,25);3-5H2,1-2H3. The van der Waals surface area contributed by atoms with Crippen molar-refractivity contribution in [3.63, 3.8) is 0 Å². The van der Waals surface area contributed by atoms with Crippen LogP contribution in [0.25, 0.3) is 22.0 Å². The van der Waals surface area contributed by atoms with E-state index in [1.807, 2.05) is 11.8 Å². The number of aromatic nitrogens is 2. The highest BCUT2D eigenvalue weighted by atomic mass is 19.1. The Balaban J connectivity index is 0.000000538. The molecule has 0 spiro atoms. The van der Waals surface area contributed by atoms with Gasteiger partial charge in [0.05, 0.1) is 31.6 Å². The first-order valence-electron chi connectivity index (χ1n) is 11.9. The van der Waals surface area contributed by atoms with Gasteiger partial charge in [0.25, 0.3) is 0 Å². The Kier molecular flexibility index (Phi) is 9.60. The van der Waals surface area contributed by atoms with Gasteiger partial charge in [-0.1, -0.05) is 6.92 Å². The molecular weight excluding hydrogens is 470 g/mol. The summed E-state index contributed by atoms with van der Waals surface area (Å²) in [4.78, 5) is 10.8. The van der Waals surface area contributed by atoms with E-state index < -0.39 is 11.6 Å². The van der Waals surface area contributed by atoms with Gasteiger partial charge in [-0.15, -0.1) is 0 Å². The average Bonchev–Trinajstić information content (AvgIpc) is 3.37. The van der Waals surface area contributed by atoms with Crippen molar-refractivity contribution in [2.24, 2.45) is 0 Å². The van der Waals surface area contributed by atoms with Crippen molar-refractivity contribution in [2.75, 3.05) is 58.3 Å². The first-order valence-corrected chi connectivity index (χ1v) is 11.9. The molecule has 8 nitrogen and oxygen atoms in total. The lowest BCUT2D eigenvalue weighted by Gasteiger charge is -2.21. The fraction of sp³-hybridized carbons (Fsp3) is 0.462. The number of ether oxygens (including phenoxy) is 4. The minimum Gasteiger partial charge on any atom is -0.494 e. The van der Waals surface area contributed by atoms with Gasteiger partial charge in [-0.05, 0) is 31.9 Å². The number of hydrogen-bond donors (Lipinski definition) is 1. The first-order chi connectivity index (χ1) is 17.4. The summed E-state index contributed by atoms with van der Waals surface area (Å²) in [6, 6.07) is 4.46. The molecule has 2 N–H and O–H groups in total. The van der Waals surface area contributed by atoms with Crippen molar-refractivity contribution < 1.29 is 27.7 Å². The van der Waals surface area contributed by atoms with Gasteiger partial charge in [-0.2, -0.15) is 0 Å². The van der Waals surface area contributed by atoms with Crippen LogP contribution in [0.2, 0.25) is 0 Å².